The van der Waals surface area contributed by atoms with Crippen molar-refractivity contribution in [3.8, 4) is 0 Å². The predicted octanol–water partition coefficient (Wildman–Crippen LogP) is 2.94. The summed E-state index contributed by atoms with van der Waals surface area (Å²) in [5.41, 5.74) is 2.44. The van der Waals surface area contributed by atoms with Gasteiger partial charge >= 0.3 is 6.01 Å². The molecule has 0 amide bonds. The van der Waals surface area contributed by atoms with Crippen LogP contribution in [0.3, 0.4) is 0 Å². The summed E-state index contributed by atoms with van der Waals surface area (Å²) in [6.07, 6.45) is 5.60. The lowest BCUT2D eigenvalue weighted by Gasteiger charge is -2.46. The fraction of sp³-hybridized carbons (Fsp3) is 0.652. The van der Waals surface area contributed by atoms with E-state index in [2.05, 4.69) is 20.0 Å². The third-order valence-electron chi connectivity index (χ3n) is 7.67. The summed E-state index contributed by atoms with van der Waals surface area (Å²) in [6.45, 7) is 6.08. The molecule has 0 aliphatic carbocycles. The first-order chi connectivity index (χ1) is 15.2. The Morgan fingerprint density at radius 1 is 1.03 bits per heavy atom. The molecule has 4 fully saturated rings. The summed E-state index contributed by atoms with van der Waals surface area (Å²) in [5.74, 6) is 0.717. The van der Waals surface area contributed by atoms with Gasteiger partial charge in [-0.25, -0.2) is 4.39 Å². The van der Waals surface area contributed by atoms with E-state index in [1.54, 1.807) is 12.1 Å². The first kappa shape index (κ1) is 19.6. The Labute approximate surface area is 181 Å². The molecule has 0 bridgehead atoms. The van der Waals surface area contributed by atoms with E-state index in [1.165, 1.54) is 17.5 Å². The van der Waals surface area contributed by atoms with E-state index in [1.807, 2.05) is 6.07 Å². The quantitative estimate of drug-likeness (QED) is 0.742. The average molecular weight is 429 g/mol. The first-order valence-electron chi connectivity index (χ1n) is 11.5. The number of hydrogen-bond donors (Lipinski definition) is 0. The molecule has 4 aliphatic rings. The molecule has 1 spiro atoms. The van der Waals surface area contributed by atoms with E-state index in [0.717, 1.165) is 71.7 Å². The van der Waals surface area contributed by atoms with Crippen molar-refractivity contribution in [2.75, 3.05) is 50.9 Å². The number of piperidine rings is 1. The van der Waals surface area contributed by atoms with Crippen LogP contribution in [0.25, 0.3) is 0 Å². The molecule has 1 aromatic heterocycles. The Balaban J connectivity index is 1.07. The molecule has 2 atom stereocenters. The molecule has 4 saturated heterocycles. The summed E-state index contributed by atoms with van der Waals surface area (Å²) in [5, 5.41) is 7.75. The van der Waals surface area contributed by atoms with Gasteiger partial charge in [0, 0.05) is 18.6 Å². The lowest BCUT2D eigenvalue weighted by molar-refractivity contribution is -0.0216. The molecule has 0 radical (unpaired) electrons. The fourth-order valence-electron chi connectivity index (χ4n) is 5.99. The van der Waals surface area contributed by atoms with Crippen LogP contribution in [0.5, 0.6) is 0 Å². The highest BCUT2D eigenvalue weighted by Crippen LogP contribution is 2.41. The second-order valence-corrected chi connectivity index (χ2v) is 9.57. The Morgan fingerprint density at radius 2 is 1.90 bits per heavy atom. The van der Waals surface area contributed by atoms with Crippen molar-refractivity contribution in [2.45, 2.75) is 49.2 Å². The molecule has 2 aromatic rings. The lowest BCUT2D eigenvalue weighted by Crippen LogP contribution is -2.62. The number of rotatable bonds is 4. The molecule has 6 rings (SSSR count). The largest absolute Gasteiger partial charge is 0.411 e. The van der Waals surface area contributed by atoms with Crippen molar-refractivity contribution >= 4 is 6.01 Å². The zero-order valence-corrected chi connectivity index (χ0v) is 17.7. The smallest absolute Gasteiger partial charge is 0.318 e. The third kappa shape index (κ3) is 3.64. The van der Waals surface area contributed by atoms with Crippen molar-refractivity contribution in [1.82, 2.24) is 15.1 Å². The predicted molar refractivity (Wildman–Crippen MR) is 112 cm³/mol. The van der Waals surface area contributed by atoms with E-state index in [4.69, 9.17) is 13.9 Å². The van der Waals surface area contributed by atoms with Crippen LogP contribution in [0.1, 0.15) is 48.6 Å². The highest BCUT2D eigenvalue weighted by Gasteiger charge is 2.52. The molecule has 5 heterocycles. The molecular weight excluding hydrogens is 399 g/mol. The molecular formula is C23H29FN4O3. The molecule has 0 saturated carbocycles. The van der Waals surface area contributed by atoms with E-state index in [-0.39, 0.29) is 11.4 Å². The summed E-state index contributed by atoms with van der Waals surface area (Å²) < 4.78 is 31.2. The van der Waals surface area contributed by atoms with Crippen molar-refractivity contribution in [3.63, 3.8) is 0 Å². The molecule has 2 unspecified atom stereocenters. The lowest BCUT2D eigenvalue weighted by atomic mass is 9.81. The summed E-state index contributed by atoms with van der Waals surface area (Å²) in [6, 6.07) is 6.43. The van der Waals surface area contributed by atoms with Crippen molar-refractivity contribution in [1.29, 1.82) is 0 Å². The summed E-state index contributed by atoms with van der Waals surface area (Å²) in [4.78, 5) is 4.66. The Morgan fingerprint density at radius 3 is 2.65 bits per heavy atom. The maximum atomic E-state index is 14.1. The normalized spacial score (nSPS) is 29.0. The fourth-order valence-corrected chi connectivity index (χ4v) is 5.99. The van der Waals surface area contributed by atoms with Gasteiger partial charge in [0.05, 0.1) is 26.3 Å². The van der Waals surface area contributed by atoms with Crippen LogP contribution in [0.15, 0.2) is 29.0 Å². The van der Waals surface area contributed by atoms with Gasteiger partial charge < -0.3 is 18.8 Å². The van der Waals surface area contributed by atoms with E-state index >= 15 is 0 Å². The number of hydrogen-bond acceptors (Lipinski definition) is 7. The molecule has 8 heteroatoms. The molecule has 0 N–H and O–H groups in total. The van der Waals surface area contributed by atoms with Crippen LogP contribution in [0, 0.1) is 5.82 Å². The van der Waals surface area contributed by atoms with Crippen LogP contribution >= 0.6 is 0 Å². The maximum absolute atomic E-state index is 14.1. The average Bonchev–Trinajstić information content (AvgIpc) is 3.54. The van der Waals surface area contributed by atoms with Crippen LogP contribution in [0.4, 0.5) is 10.4 Å². The summed E-state index contributed by atoms with van der Waals surface area (Å²) in [7, 11) is 0. The molecule has 4 aliphatic heterocycles. The minimum atomic E-state index is -0.123. The molecule has 31 heavy (non-hydrogen) atoms. The van der Waals surface area contributed by atoms with Crippen LogP contribution in [-0.2, 0) is 9.47 Å². The number of likely N-dealkylation sites (tertiary alicyclic amines) is 1. The number of halogens is 1. The minimum absolute atomic E-state index is 0.0752. The topological polar surface area (TPSA) is 63.9 Å². The monoisotopic (exact) mass is 428 g/mol. The number of ether oxygens (including phenoxy) is 2. The summed E-state index contributed by atoms with van der Waals surface area (Å²) >= 11 is 0. The van der Waals surface area contributed by atoms with Gasteiger partial charge in [0.15, 0.2) is 0 Å². The Hall–Kier alpha value is -2.03. The van der Waals surface area contributed by atoms with Gasteiger partial charge in [-0.05, 0) is 68.0 Å². The first-order valence-corrected chi connectivity index (χ1v) is 11.5. The van der Waals surface area contributed by atoms with Crippen LogP contribution < -0.4 is 4.90 Å². The van der Waals surface area contributed by atoms with Gasteiger partial charge in [-0.1, -0.05) is 11.2 Å². The molecule has 1 aromatic carbocycles. The number of nitrogens with zero attached hydrogens (tertiary/aromatic N) is 4. The van der Waals surface area contributed by atoms with Gasteiger partial charge in [0.2, 0.25) is 6.39 Å². The van der Waals surface area contributed by atoms with Crippen molar-refractivity contribution in [3.05, 3.63) is 41.5 Å². The minimum Gasteiger partial charge on any atom is -0.411 e. The van der Waals surface area contributed by atoms with Crippen molar-refractivity contribution < 1.29 is 18.3 Å². The van der Waals surface area contributed by atoms with E-state index in [9.17, 15) is 4.39 Å². The van der Waals surface area contributed by atoms with E-state index in [0.29, 0.717) is 23.9 Å². The Kier molecular flexibility index (Phi) is 4.96. The molecule has 7 nitrogen and oxygen atoms in total. The second kappa shape index (κ2) is 7.83. The van der Waals surface area contributed by atoms with Crippen molar-refractivity contribution in [2.24, 2.45) is 0 Å². The highest BCUT2D eigenvalue weighted by atomic mass is 19.1. The number of anilines is 1. The number of aromatic nitrogens is 2. The van der Waals surface area contributed by atoms with Gasteiger partial charge in [0.25, 0.3) is 0 Å². The standard InChI is InChI=1S/C23H29FN4O3/c24-18-1-2-20(17-5-8-29-11-17)21(9-18)16-3-6-27(7-4-16)19-10-23(31-12-19)13-28(14-23)22-26-25-15-30-22/h1-2,9,15-17,19H,3-8,10-14H2. The Bertz CT molecular complexity index is 904. The number of benzene rings is 1. The van der Waals surface area contributed by atoms with Gasteiger partial charge in [-0.3, -0.25) is 4.90 Å². The third-order valence-corrected chi connectivity index (χ3v) is 7.67. The van der Waals surface area contributed by atoms with Crippen LogP contribution in [0.2, 0.25) is 0 Å². The SMILES string of the molecule is Fc1ccc(C2CCOC2)c(C2CCN(C3COC4(C3)CN(c3nnco3)C4)CC2)c1. The zero-order chi connectivity index (χ0) is 20.8. The van der Waals surface area contributed by atoms with Gasteiger partial charge in [-0.15, -0.1) is 5.10 Å². The maximum Gasteiger partial charge on any atom is 0.318 e. The zero-order valence-electron chi connectivity index (χ0n) is 17.7. The van der Waals surface area contributed by atoms with Gasteiger partial charge in [0.1, 0.15) is 11.4 Å². The van der Waals surface area contributed by atoms with Gasteiger partial charge in [-0.2, -0.15) is 0 Å². The molecule has 166 valence electrons. The second-order valence-electron chi connectivity index (χ2n) is 9.57. The van der Waals surface area contributed by atoms with Crippen LogP contribution in [-0.4, -0.2) is 72.7 Å². The van der Waals surface area contributed by atoms with E-state index < -0.39 is 0 Å². The highest BCUT2D eigenvalue weighted by molar-refractivity contribution is 5.36.